The zero-order valence-corrected chi connectivity index (χ0v) is 21.9. The molecule has 4 heterocycles. The van der Waals surface area contributed by atoms with E-state index >= 15 is 0 Å². The van der Waals surface area contributed by atoms with Gasteiger partial charge in [0.15, 0.2) is 11.6 Å². The second-order valence-corrected chi connectivity index (χ2v) is 10.4. The molecule has 0 radical (unpaired) electrons. The molecule has 3 N–H and O–H groups in total. The van der Waals surface area contributed by atoms with Crippen LogP contribution in [0.2, 0.25) is 0 Å². The van der Waals surface area contributed by atoms with Crippen LogP contribution in [0.3, 0.4) is 0 Å². The van der Waals surface area contributed by atoms with E-state index in [1.54, 1.807) is 12.3 Å². The number of anilines is 2. The lowest BCUT2D eigenvalue weighted by atomic mass is 10.1. The maximum atomic E-state index is 14.4. The Hall–Kier alpha value is -4.16. The summed E-state index contributed by atoms with van der Waals surface area (Å²) in [6.07, 6.45) is 3.71. The summed E-state index contributed by atoms with van der Waals surface area (Å²) in [4.78, 5) is 28.0. The average Bonchev–Trinajstić information content (AvgIpc) is 3.52. The van der Waals surface area contributed by atoms with Crippen molar-refractivity contribution in [3.8, 4) is 5.69 Å². The van der Waals surface area contributed by atoms with E-state index in [2.05, 4.69) is 27.3 Å². The number of nitrogens with zero attached hydrogens (tertiary/aromatic N) is 5. The first-order valence-electron chi connectivity index (χ1n) is 13.3. The highest BCUT2D eigenvalue weighted by atomic mass is 19.1. The summed E-state index contributed by atoms with van der Waals surface area (Å²) in [5.41, 5.74) is 6.95. The number of fused-ring (bicyclic) bond motifs is 1. The fourth-order valence-corrected chi connectivity index (χ4v) is 5.50. The van der Waals surface area contributed by atoms with Crippen LogP contribution in [-0.4, -0.2) is 57.8 Å². The number of hydrogen-bond donors (Lipinski definition) is 2. The molecule has 208 valence electrons. The van der Waals surface area contributed by atoms with Crippen LogP contribution in [0, 0.1) is 17.6 Å². The topological polar surface area (TPSA) is 120 Å². The largest absolute Gasteiger partial charge is 0.379 e. The van der Waals surface area contributed by atoms with Crippen LogP contribution in [0.25, 0.3) is 16.6 Å². The summed E-state index contributed by atoms with van der Waals surface area (Å²) >= 11 is 0. The first kappa shape index (κ1) is 26.1. The van der Waals surface area contributed by atoms with Crippen LogP contribution in [0.15, 0.2) is 53.5 Å². The van der Waals surface area contributed by atoms with E-state index in [0.29, 0.717) is 30.1 Å². The molecule has 4 aromatic rings. The number of ether oxygens (including phenoxy) is 1. The Bertz CT molecular complexity index is 1620. The third-order valence-corrected chi connectivity index (χ3v) is 7.65. The number of halogens is 2. The standard InChI is InChI=1S/C28H29F2N7O3/c1-16-13-35(14-21(16)31)26-18-12-32-36(17-4-3-11-40-15-17)24(18)9-7-22(26)33-28(39)23-8-10-25(38)37(34-23)27-19(29)5-2-6-20(27)30/h2,5-10,12,16-17,21H,3-4,11,13-15,31H2,1H3,(H,33,39)/t16-,17+,21+/m1/s1. The first-order chi connectivity index (χ1) is 19.3. The normalized spacial score (nSPS) is 21.2. The molecule has 6 rings (SSSR count). The Kier molecular flexibility index (Phi) is 6.80. The predicted molar refractivity (Wildman–Crippen MR) is 146 cm³/mol. The molecule has 0 saturated carbocycles. The fraction of sp³-hybridized carbons (Fsp3) is 0.357. The molecule has 2 aliphatic rings. The Balaban J connectivity index is 1.39. The molecule has 1 amide bonds. The summed E-state index contributed by atoms with van der Waals surface area (Å²) in [6, 6.07) is 9.27. The lowest BCUT2D eigenvalue weighted by Gasteiger charge is -2.25. The Morgan fingerprint density at radius 2 is 1.90 bits per heavy atom. The molecule has 2 aromatic heterocycles. The molecular weight excluding hydrogens is 520 g/mol. The molecule has 10 nitrogen and oxygen atoms in total. The second-order valence-electron chi connectivity index (χ2n) is 10.4. The quantitative estimate of drug-likeness (QED) is 0.392. The van der Waals surface area contributed by atoms with Gasteiger partial charge in [-0.25, -0.2) is 8.78 Å². The van der Waals surface area contributed by atoms with E-state index in [1.165, 1.54) is 12.1 Å². The molecule has 2 aliphatic heterocycles. The smallest absolute Gasteiger partial charge is 0.276 e. The van der Waals surface area contributed by atoms with Crippen molar-refractivity contribution in [3.63, 3.8) is 0 Å². The van der Waals surface area contributed by atoms with Crippen molar-refractivity contribution in [3.05, 3.63) is 76.3 Å². The molecule has 0 aliphatic carbocycles. The van der Waals surface area contributed by atoms with Crippen LogP contribution in [0.1, 0.15) is 36.3 Å². The van der Waals surface area contributed by atoms with Gasteiger partial charge in [-0.15, -0.1) is 0 Å². The SMILES string of the molecule is C[C@@H]1CN(c2c(NC(=O)c3ccc(=O)n(-c4c(F)cccc4F)n3)ccc3c2cnn3[C@H]2CCCOC2)C[C@@H]1N. The summed E-state index contributed by atoms with van der Waals surface area (Å²) in [7, 11) is 0. The molecule has 12 heteroatoms. The lowest BCUT2D eigenvalue weighted by Crippen LogP contribution is -2.29. The van der Waals surface area contributed by atoms with E-state index in [1.807, 2.05) is 10.7 Å². The highest BCUT2D eigenvalue weighted by Gasteiger charge is 2.31. The molecule has 2 aromatic carbocycles. The van der Waals surface area contributed by atoms with Gasteiger partial charge in [-0.1, -0.05) is 13.0 Å². The van der Waals surface area contributed by atoms with Gasteiger partial charge in [0.2, 0.25) is 0 Å². The van der Waals surface area contributed by atoms with E-state index in [4.69, 9.17) is 10.5 Å². The van der Waals surface area contributed by atoms with E-state index in [0.717, 1.165) is 54.2 Å². The minimum atomic E-state index is -0.972. The Morgan fingerprint density at radius 1 is 1.10 bits per heavy atom. The van der Waals surface area contributed by atoms with Gasteiger partial charge < -0.3 is 20.7 Å². The molecule has 0 unspecified atom stereocenters. The highest BCUT2D eigenvalue weighted by Crippen LogP contribution is 2.39. The molecular formula is C28H29F2N7O3. The van der Waals surface area contributed by atoms with Gasteiger partial charge in [-0.2, -0.15) is 14.9 Å². The van der Waals surface area contributed by atoms with Gasteiger partial charge in [0.05, 0.1) is 35.7 Å². The summed E-state index contributed by atoms with van der Waals surface area (Å²) < 4.78 is 37.0. The number of carbonyl (C=O) groups is 1. The summed E-state index contributed by atoms with van der Waals surface area (Å²) in [6.45, 7) is 4.69. The van der Waals surface area contributed by atoms with Gasteiger partial charge in [0.25, 0.3) is 11.5 Å². The van der Waals surface area contributed by atoms with Crippen LogP contribution >= 0.6 is 0 Å². The van der Waals surface area contributed by atoms with Crippen LogP contribution in [0.5, 0.6) is 0 Å². The predicted octanol–water partition coefficient (Wildman–Crippen LogP) is 3.25. The number of carbonyl (C=O) groups excluding carboxylic acids is 1. The molecule has 0 spiro atoms. The van der Waals surface area contributed by atoms with Crippen molar-refractivity contribution in [2.75, 3.05) is 36.5 Å². The van der Waals surface area contributed by atoms with Crippen LogP contribution < -0.4 is 21.5 Å². The maximum Gasteiger partial charge on any atom is 0.276 e. The van der Waals surface area contributed by atoms with Gasteiger partial charge >= 0.3 is 0 Å². The number of amides is 1. The highest BCUT2D eigenvalue weighted by molar-refractivity contribution is 6.09. The second kappa shape index (κ2) is 10.4. The minimum Gasteiger partial charge on any atom is -0.379 e. The molecule has 2 saturated heterocycles. The number of nitrogens with two attached hydrogens (primary N) is 1. The van der Waals surface area contributed by atoms with Crippen molar-refractivity contribution in [2.45, 2.75) is 31.8 Å². The first-order valence-corrected chi connectivity index (χ1v) is 13.3. The number of para-hydroxylation sites is 1. The minimum absolute atomic E-state index is 0.0403. The average molecular weight is 550 g/mol. The monoisotopic (exact) mass is 549 g/mol. The van der Waals surface area contributed by atoms with E-state index in [-0.39, 0.29) is 23.7 Å². The lowest BCUT2D eigenvalue weighted by molar-refractivity contribution is 0.0565. The maximum absolute atomic E-state index is 14.4. The van der Waals surface area contributed by atoms with Crippen molar-refractivity contribution in [1.82, 2.24) is 19.6 Å². The molecule has 40 heavy (non-hydrogen) atoms. The fourth-order valence-electron chi connectivity index (χ4n) is 5.50. The van der Waals surface area contributed by atoms with Crippen molar-refractivity contribution >= 4 is 28.2 Å². The number of hydrogen-bond acceptors (Lipinski definition) is 7. The van der Waals surface area contributed by atoms with Crippen LogP contribution in [0.4, 0.5) is 20.2 Å². The van der Waals surface area contributed by atoms with Gasteiger partial charge in [-0.05, 0) is 49.1 Å². The van der Waals surface area contributed by atoms with Crippen molar-refractivity contribution in [2.24, 2.45) is 11.7 Å². The number of rotatable bonds is 5. The summed E-state index contributed by atoms with van der Waals surface area (Å²) in [5.74, 6) is -2.35. The Labute approximate surface area is 228 Å². The number of aromatic nitrogens is 4. The van der Waals surface area contributed by atoms with E-state index in [9.17, 15) is 18.4 Å². The zero-order valence-electron chi connectivity index (χ0n) is 21.9. The third-order valence-electron chi connectivity index (χ3n) is 7.65. The van der Waals surface area contributed by atoms with Gasteiger partial charge in [0, 0.05) is 37.2 Å². The van der Waals surface area contributed by atoms with Crippen molar-refractivity contribution < 1.29 is 18.3 Å². The van der Waals surface area contributed by atoms with Crippen LogP contribution in [-0.2, 0) is 4.74 Å². The molecule has 2 fully saturated rings. The van der Waals surface area contributed by atoms with Gasteiger partial charge in [-0.3, -0.25) is 14.3 Å². The number of benzene rings is 2. The Morgan fingerprint density at radius 3 is 2.60 bits per heavy atom. The summed E-state index contributed by atoms with van der Waals surface area (Å²) in [5, 5.41) is 12.4. The van der Waals surface area contributed by atoms with Crippen molar-refractivity contribution in [1.29, 1.82) is 0 Å². The zero-order chi connectivity index (χ0) is 28.0. The third kappa shape index (κ3) is 4.62. The van der Waals surface area contributed by atoms with E-state index < -0.39 is 28.8 Å². The number of nitrogens with one attached hydrogen (secondary N) is 1. The molecule has 3 atom stereocenters. The van der Waals surface area contributed by atoms with Gasteiger partial charge in [0.1, 0.15) is 11.4 Å². The molecule has 0 bridgehead atoms.